The van der Waals surface area contributed by atoms with E-state index in [1.54, 1.807) is 6.92 Å². The third-order valence-electron chi connectivity index (χ3n) is 3.28. The van der Waals surface area contributed by atoms with Crippen LogP contribution in [-0.2, 0) is 4.79 Å². The smallest absolute Gasteiger partial charge is 0.273 e. The second kappa shape index (κ2) is 8.34. The number of nitro groups is 1. The largest absolute Gasteiger partial charge is 0.343 e. The summed E-state index contributed by atoms with van der Waals surface area (Å²) in [6, 6.07) is 13.3. The summed E-state index contributed by atoms with van der Waals surface area (Å²) in [7, 11) is 0. The van der Waals surface area contributed by atoms with Gasteiger partial charge in [-0.25, -0.2) is 5.43 Å². The Morgan fingerprint density at radius 2 is 1.92 bits per heavy atom. The summed E-state index contributed by atoms with van der Waals surface area (Å²) < 4.78 is 0. The second-order valence-electron chi connectivity index (χ2n) is 5.14. The number of benzene rings is 2. The van der Waals surface area contributed by atoms with Crippen LogP contribution in [0.2, 0.25) is 0 Å². The lowest BCUT2D eigenvalue weighted by Crippen LogP contribution is -2.34. The average molecular weight is 340 g/mol. The Balaban J connectivity index is 1.87. The first-order chi connectivity index (χ1) is 12.0. The monoisotopic (exact) mass is 340 g/mol. The topological polar surface area (TPSA) is 114 Å². The fraction of sp³-hybridized carbons (Fsp3) is 0.118. The maximum Gasteiger partial charge on any atom is 0.273 e. The van der Waals surface area contributed by atoms with E-state index in [-0.39, 0.29) is 17.8 Å². The van der Waals surface area contributed by atoms with Crippen molar-refractivity contribution in [1.29, 1.82) is 0 Å². The first-order valence-electron chi connectivity index (χ1n) is 7.37. The molecule has 0 radical (unpaired) electrons. The summed E-state index contributed by atoms with van der Waals surface area (Å²) >= 11 is 0. The predicted molar refractivity (Wildman–Crippen MR) is 92.3 cm³/mol. The van der Waals surface area contributed by atoms with E-state index in [1.807, 2.05) is 30.3 Å². The van der Waals surface area contributed by atoms with Crippen molar-refractivity contribution in [2.75, 3.05) is 6.54 Å². The average Bonchev–Trinajstić information content (AvgIpc) is 2.60. The van der Waals surface area contributed by atoms with Crippen molar-refractivity contribution in [3.63, 3.8) is 0 Å². The minimum Gasteiger partial charge on any atom is -0.343 e. The van der Waals surface area contributed by atoms with Gasteiger partial charge in [0.2, 0.25) is 0 Å². The lowest BCUT2D eigenvalue weighted by atomic mass is 10.1. The van der Waals surface area contributed by atoms with Gasteiger partial charge in [-0.15, -0.1) is 0 Å². The van der Waals surface area contributed by atoms with Gasteiger partial charge < -0.3 is 5.32 Å². The number of rotatable bonds is 6. The minimum absolute atomic E-state index is 0.109. The third kappa shape index (κ3) is 5.24. The Bertz CT molecular complexity index is 819. The molecule has 0 atom stereocenters. The number of amides is 2. The van der Waals surface area contributed by atoms with Gasteiger partial charge in [-0.1, -0.05) is 36.4 Å². The normalized spacial score (nSPS) is 10.4. The zero-order chi connectivity index (χ0) is 18.2. The molecule has 0 bridgehead atoms. The van der Waals surface area contributed by atoms with Gasteiger partial charge in [0.15, 0.2) is 0 Å². The number of carbonyl (C=O) groups excluding carboxylic acids is 2. The number of hydrazone groups is 1. The molecule has 2 aromatic rings. The van der Waals surface area contributed by atoms with E-state index >= 15 is 0 Å². The van der Waals surface area contributed by atoms with Gasteiger partial charge in [0.1, 0.15) is 0 Å². The molecule has 2 N–H and O–H groups in total. The highest BCUT2D eigenvalue weighted by Gasteiger charge is 2.15. The summed E-state index contributed by atoms with van der Waals surface area (Å²) in [5.41, 5.74) is 3.52. The second-order valence-corrected chi connectivity index (χ2v) is 5.14. The van der Waals surface area contributed by atoms with Crippen molar-refractivity contribution in [3.05, 3.63) is 75.3 Å². The molecule has 0 heterocycles. The maximum absolute atomic E-state index is 12.0. The quantitative estimate of drug-likeness (QED) is 0.474. The van der Waals surface area contributed by atoms with Crippen molar-refractivity contribution in [3.8, 4) is 0 Å². The van der Waals surface area contributed by atoms with Crippen LogP contribution in [0.15, 0.2) is 53.6 Å². The molecule has 0 unspecified atom stereocenters. The van der Waals surface area contributed by atoms with Crippen LogP contribution in [0.4, 0.5) is 5.69 Å². The van der Waals surface area contributed by atoms with Gasteiger partial charge in [0.25, 0.3) is 17.5 Å². The molecule has 2 rings (SSSR count). The molecule has 0 spiro atoms. The fourth-order valence-electron chi connectivity index (χ4n) is 1.97. The molecular formula is C17H16N4O4. The number of carbonyl (C=O) groups is 2. The lowest BCUT2D eigenvalue weighted by Gasteiger charge is -2.05. The van der Waals surface area contributed by atoms with Crippen molar-refractivity contribution < 1.29 is 14.5 Å². The van der Waals surface area contributed by atoms with E-state index in [4.69, 9.17) is 0 Å². The number of aryl methyl sites for hydroxylation is 1. The summed E-state index contributed by atoms with van der Waals surface area (Å²) in [4.78, 5) is 34.0. The van der Waals surface area contributed by atoms with Gasteiger partial charge >= 0.3 is 0 Å². The van der Waals surface area contributed by atoms with Gasteiger partial charge in [-0.3, -0.25) is 19.7 Å². The van der Waals surface area contributed by atoms with Crippen LogP contribution in [0.3, 0.4) is 0 Å². The van der Waals surface area contributed by atoms with E-state index in [1.165, 1.54) is 24.4 Å². The van der Waals surface area contributed by atoms with E-state index in [0.717, 1.165) is 5.56 Å². The molecule has 0 aliphatic carbocycles. The van der Waals surface area contributed by atoms with E-state index in [9.17, 15) is 19.7 Å². The first-order valence-corrected chi connectivity index (χ1v) is 7.37. The first kappa shape index (κ1) is 17.8. The van der Waals surface area contributed by atoms with Crippen molar-refractivity contribution in [1.82, 2.24) is 10.7 Å². The van der Waals surface area contributed by atoms with Crippen LogP contribution in [0, 0.1) is 17.0 Å². The van der Waals surface area contributed by atoms with Gasteiger partial charge in [0.05, 0.1) is 17.7 Å². The highest BCUT2D eigenvalue weighted by Crippen LogP contribution is 2.19. The summed E-state index contributed by atoms with van der Waals surface area (Å²) in [6.07, 6.45) is 1.48. The Morgan fingerprint density at radius 1 is 1.20 bits per heavy atom. The molecular weight excluding hydrogens is 324 g/mol. The van der Waals surface area contributed by atoms with Crippen LogP contribution < -0.4 is 10.7 Å². The summed E-state index contributed by atoms with van der Waals surface area (Å²) in [5, 5.41) is 17.1. The molecule has 0 saturated heterocycles. The Morgan fingerprint density at radius 3 is 2.60 bits per heavy atom. The maximum atomic E-state index is 12.0. The van der Waals surface area contributed by atoms with Crippen LogP contribution >= 0.6 is 0 Å². The number of nitrogens with zero attached hydrogens (tertiary/aromatic N) is 2. The van der Waals surface area contributed by atoms with Crippen LogP contribution in [0.5, 0.6) is 0 Å². The molecule has 0 saturated carbocycles. The van der Waals surface area contributed by atoms with Gasteiger partial charge in [0, 0.05) is 17.2 Å². The van der Waals surface area contributed by atoms with E-state index in [2.05, 4.69) is 15.8 Å². The molecule has 128 valence electrons. The van der Waals surface area contributed by atoms with Crippen LogP contribution in [0.25, 0.3) is 0 Å². The Labute approximate surface area is 143 Å². The van der Waals surface area contributed by atoms with Crippen molar-refractivity contribution in [2.45, 2.75) is 6.92 Å². The molecule has 25 heavy (non-hydrogen) atoms. The molecule has 2 aromatic carbocycles. The van der Waals surface area contributed by atoms with Crippen molar-refractivity contribution >= 4 is 23.7 Å². The highest BCUT2D eigenvalue weighted by molar-refractivity contribution is 5.97. The molecule has 0 aromatic heterocycles. The third-order valence-corrected chi connectivity index (χ3v) is 3.28. The van der Waals surface area contributed by atoms with Gasteiger partial charge in [-0.05, 0) is 18.6 Å². The van der Waals surface area contributed by atoms with Crippen molar-refractivity contribution in [2.24, 2.45) is 5.10 Å². The molecule has 8 nitrogen and oxygen atoms in total. The highest BCUT2D eigenvalue weighted by atomic mass is 16.6. The molecule has 0 aliphatic heterocycles. The lowest BCUT2D eigenvalue weighted by molar-refractivity contribution is -0.385. The number of hydrogen-bond donors (Lipinski definition) is 2. The molecule has 0 fully saturated rings. The predicted octanol–water partition coefficient (Wildman–Crippen LogP) is 1.78. The standard InChI is InChI=1S/C17H16N4O4/c1-12-7-8-14(9-15(12)21(24)25)17(23)18-11-16(22)20-19-10-13-5-3-2-4-6-13/h2-10H,11H2,1H3,(H,18,23)(H,20,22)/b19-10+. The van der Waals surface area contributed by atoms with Crippen LogP contribution in [0.1, 0.15) is 21.5 Å². The summed E-state index contributed by atoms with van der Waals surface area (Å²) in [5.74, 6) is -1.09. The molecule has 2 amide bonds. The number of nitrogens with one attached hydrogen (secondary N) is 2. The minimum atomic E-state index is -0.578. The molecule has 8 heteroatoms. The SMILES string of the molecule is Cc1ccc(C(=O)NCC(=O)N/N=C/c2ccccc2)cc1[N+](=O)[O-]. The van der Waals surface area contributed by atoms with E-state index in [0.29, 0.717) is 5.56 Å². The zero-order valence-electron chi connectivity index (χ0n) is 13.4. The van der Waals surface area contributed by atoms with Gasteiger partial charge in [-0.2, -0.15) is 5.10 Å². The number of hydrogen-bond acceptors (Lipinski definition) is 5. The Hall–Kier alpha value is -3.55. The Kier molecular flexibility index (Phi) is 5.94. The van der Waals surface area contributed by atoms with Crippen LogP contribution in [-0.4, -0.2) is 29.5 Å². The summed E-state index contributed by atoms with van der Waals surface area (Å²) in [6.45, 7) is 1.28. The number of nitro benzene ring substituents is 1. The van der Waals surface area contributed by atoms with E-state index < -0.39 is 16.7 Å². The fourth-order valence-corrected chi connectivity index (χ4v) is 1.97. The molecule has 0 aliphatic rings. The zero-order valence-corrected chi connectivity index (χ0v) is 13.4.